The molecule has 0 bridgehead atoms. The Kier molecular flexibility index (Phi) is 6.46. The molecule has 0 aliphatic carbocycles. The highest BCUT2D eigenvalue weighted by Gasteiger charge is 2.08. The third-order valence-electron chi connectivity index (χ3n) is 4.25. The minimum atomic E-state index is -0.166. The molecule has 3 aromatic rings. The standard InChI is InChI=1S/C22H23N3O3/c1-27-20-9-7-18(8-10-20)25-19-13-17(14-23-15-19)22(26)24-12-11-16-5-3-4-6-21(16)28-2/h3-10,13-15,25H,11-12H2,1-2H3,(H,24,26). The van der Waals surface area contributed by atoms with Crippen molar-refractivity contribution in [3.8, 4) is 11.5 Å². The Balaban J connectivity index is 1.58. The van der Waals surface area contributed by atoms with Crippen molar-refractivity contribution in [2.75, 3.05) is 26.1 Å². The number of rotatable bonds is 8. The first-order valence-electron chi connectivity index (χ1n) is 8.96. The second kappa shape index (κ2) is 9.41. The van der Waals surface area contributed by atoms with Crippen LogP contribution >= 0.6 is 0 Å². The van der Waals surface area contributed by atoms with Crippen molar-refractivity contribution >= 4 is 17.3 Å². The van der Waals surface area contributed by atoms with Crippen molar-refractivity contribution in [1.82, 2.24) is 10.3 Å². The van der Waals surface area contributed by atoms with E-state index in [1.165, 1.54) is 0 Å². The number of pyridine rings is 1. The van der Waals surface area contributed by atoms with E-state index in [9.17, 15) is 4.79 Å². The number of para-hydroxylation sites is 1. The van der Waals surface area contributed by atoms with Crippen LogP contribution in [0.5, 0.6) is 11.5 Å². The van der Waals surface area contributed by atoms with Crippen LogP contribution in [0.2, 0.25) is 0 Å². The Bertz CT molecular complexity index is 926. The van der Waals surface area contributed by atoms with Gasteiger partial charge in [0.15, 0.2) is 0 Å². The molecule has 0 aliphatic rings. The van der Waals surface area contributed by atoms with Crippen LogP contribution in [0.1, 0.15) is 15.9 Å². The first-order chi connectivity index (χ1) is 13.7. The quantitative estimate of drug-likeness (QED) is 0.624. The Morgan fingerprint density at radius 1 is 0.964 bits per heavy atom. The summed E-state index contributed by atoms with van der Waals surface area (Å²) in [5.74, 6) is 1.44. The van der Waals surface area contributed by atoms with Gasteiger partial charge < -0.3 is 20.1 Å². The first-order valence-corrected chi connectivity index (χ1v) is 8.96. The van der Waals surface area contributed by atoms with E-state index >= 15 is 0 Å². The summed E-state index contributed by atoms with van der Waals surface area (Å²) in [6.07, 6.45) is 3.92. The third kappa shape index (κ3) is 5.01. The largest absolute Gasteiger partial charge is 0.497 e. The lowest BCUT2D eigenvalue weighted by molar-refractivity contribution is 0.0953. The predicted octanol–water partition coefficient (Wildman–Crippen LogP) is 3.81. The van der Waals surface area contributed by atoms with Crippen LogP contribution < -0.4 is 20.1 Å². The fourth-order valence-corrected chi connectivity index (χ4v) is 2.80. The maximum absolute atomic E-state index is 12.5. The molecular formula is C22H23N3O3. The molecule has 0 saturated carbocycles. The topological polar surface area (TPSA) is 72.5 Å². The van der Waals surface area contributed by atoms with Gasteiger partial charge in [-0.05, 0) is 48.4 Å². The summed E-state index contributed by atoms with van der Waals surface area (Å²) in [5.41, 5.74) is 3.18. The van der Waals surface area contributed by atoms with Crippen LogP contribution in [0.25, 0.3) is 0 Å². The summed E-state index contributed by atoms with van der Waals surface area (Å²) >= 11 is 0. The minimum Gasteiger partial charge on any atom is -0.497 e. The van der Waals surface area contributed by atoms with Gasteiger partial charge in [-0.2, -0.15) is 0 Å². The Morgan fingerprint density at radius 3 is 2.50 bits per heavy atom. The number of amides is 1. The molecule has 3 rings (SSSR count). The molecule has 0 aliphatic heterocycles. The summed E-state index contributed by atoms with van der Waals surface area (Å²) in [7, 11) is 3.27. The van der Waals surface area contributed by atoms with Crippen LogP contribution in [0, 0.1) is 0 Å². The third-order valence-corrected chi connectivity index (χ3v) is 4.25. The number of hydrogen-bond donors (Lipinski definition) is 2. The van der Waals surface area contributed by atoms with Crippen molar-refractivity contribution in [2.24, 2.45) is 0 Å². The highest BCUT2D eigenvalue weighted by Crippen LogP contribution is 2.20. The van der Waals surface area contributed by atoms with Gasteiger partial charge in [0.05, 0.1) is 31.7 Å². The number of nitrogens with zero attached hydrogens (tertiary/aromatic N) is 1. The number of hydrogen-bond acceptors (Lipinski definition) is 5. The molecule has 28 heavy (non-hydrogen) atoms. The van der Waals surface area contributed by atoms with E-state index in [0.29, 0.717) is 18.5 Å². The normalized spacial score (nSPS) is 10.2. The van der Waals surface area contributed by atoms with Crippen LogP contribution in [-0.2, 0) is 6.42 Å². The Labute approximate surface area is 164 Å². The average Bonchev–Trinajstić information content (AvgIpc) is 2.74. The molecule has 2 aromatic carbocycles. The van der Waals surface area contributed by atoms with Gasteiger partial charge in [0, 0.05) is 18.4 Å². The maximum atomic E-state index is 12.5. The fourth-order valence-electron chi connectivity index (χ4n) is 2.80. The van der Waals surface area contributed by atoms with Gasteiger partial charge in [-0.15, -0.1) is 0 Å². The van der Waals surface area contributed by atoms with Crippen LogP contribution in [0.4, 0.5) is 11.4 Å². The van der Waals surface area contributed by atoms with Gasteiger partial charge in [-0.3, -0.25) is 9.78 Å². The number of methoxy groups -OCH3 is 2. The summed E-state index contributed by atoms with van der Waals surface area (Å²) < 4.78 is 10.5. The lowest BCUT2D eigenvalue weighted by atomic mass is 10.1. The van der Waals surface area contributed by atoms with Crippen molar-refractivity contribution in [3.63, 3.8) is 0 Å². The second-order valence-electron chi connectivity index (χ2n) is 6.13. The zero-order valence-corrected chi connectivity index (χ0v) is 15.9. The second-order valence-corrected chi connectivity index (χ2v) is 6.13. The summed E-state index contributed by atoms with van der Waals surface area (Å²) in [5, 5.41) is 6.16. The lowest BCUT2D eigenvalue weighted by Gasteiger charge is -2.10. The average molecular weight is 377 g/mol. The molecule has 6 heteroatoms. The molecule has 1 amide bonds. The van der Waals surface area contributed by atoms with Crippen molar-refractivity contribution in [1.29, 1.82) is 0 Å². The number of benzene rings is 2. The molecule has 0 atom stereocenters. The van der Waals surface area contributed by atoms with E-state index in [1.54, 1.807) is 32.7 Å². The van der Waals surface area contributed by atoms with E-state index in [-0.39, 0.29) is 5.91 Å². The number of anilines is 2. The highest BCUT2D eigenvalue weighted by molar-refractivity contribution is 5.94. The minimum absolute atomic E-state index is 0.166. The number of nitrogens with one attached hydrogen (secondary N) is 2. The van der Waals surface area contributed by atoms with Crippen LogP contribution in [-0.4, -0.2) is 31.7 Å². The van der Waals surface area contributed by atoms with Gasteiger partial charge in [0.25, 0.3) is 5.91 Å². The SMILES string of the molecule is COc1ccc(Nc2cncc(C(=O)NCCc3ccccc3OC)c2)cc1. The van der Waals surface area contributed by atoms with Crippen LogP contribution in [0.3, 0.4) is 0 Å². The van der Waals surface area contributed by atoms with E-state index in [1.807, 2.05) is 48.5 Å². The van der Waals surface area contributed by atoms with E-state index in [4.69, 9.17) is 9.47 Å². The zero-order chi connectivity index (χ0) is 19.8. The maximum Gasteiger partial charge on any atom is 0.252 e. The van der Waals surface area contributed by atoms with Crippen molar-refractivity contribution in [2.45, 2.75) is 6.42 Å². The smallest absolute Gasteiger partial charge is 0.252 e. The Hall–Kier alpha value is -3.54. The number of carbonyl (C=O) groups is 1. The van der Waals surface area contributed by atoms with E-state index in [2.05, 4.69) is 15.6 Å². The molecule has 0 spiro atoms. The molecular weight excluding hydrogens is 354 g/mol. The first kappa shape index (κ1) is 19.2. The molecule has 0 radical (unpaired) electrons. The Morgan fingerprint density at radius 2 is 1.75 bits per heavy atom. The molecule has 0 saturated heterocycles. The summed E-state index contributed by atoms with van der Waals surface area (Å²) in [6, 6.07) is 17.1. The number of carbonyl (C=O) groups excluding carboxylic acids is 1. The zero-order valence-electron chi connectivity index (χ0n) is 15.9. The molecule has 0 unspecified atom stereocenters. The fraction of sp³-hybridized carbons (Fsp3) is 0.182. The highest BCUT2D eigenvalue weighted by atomic mass is 16.5. The van der Waals surface area contributed by atoms with Crippen molar-refractivity contribution < 1.29 is 14.3 Å². The van der Waals surface area contributed by atoms with Crippen molar-refractivity contribution in [3.05, 3.63) is 78.1 Å². The molecule has 2 N–H and O–H groups in total. The van der Waals surface area contributed by atoms with Crippen LogP contribution in [0.15, 0.2) is 67.0 Å². The molecule has 1 heterocycles. The number of aromatic nitrogens is 1. The number of ether oxygens (including phenoxy) is 2. The molecule has 1 aromatic heterocycles. The molecule has 6 nitrogen and oxygen atoms in total. The predicted molar refractivity (Wildman–Crippen MR) is 110 cm³/mol. The molecule has 144 valence electrons. The van der Waals surface area contributed by atoms with E-state index < -0.39 is 0 Å². The molecule has 0 fully saturated rings. The van der Waals surface area contributed by atoms with Gasteiger partial charge >= 0.3 is 0 Å². The van der Waals surface area contributed by atoms with Gasteiger partial charge in [0.1, 0.15) is 11.5 Å². The van der Waals surface area contributed by atoms with Gasteiger partial charge in [0.2, 0.25) is 0 Å². The van der Waals surface area contributed by atoms with Gasteiger partial charge in [-0.25, -0.2) is 0 Å². The van der Waals surface area contributed by atoms with Gasteiger partial charge in [-0.1, -0.05) is 18.2 Å². The van der Waals surface area contributed by atoms with E-state index in [0.717, 1.165) is 28.4 Å². The lowest BCUT2D eigenvalue weighted by Crippen LogP contribution is -2.26. The monoisotopic (exact) mass is 377 g/mol. The summed E-state index contributed by atoms with van der Waals surface area (Å²) in [6.45, 7) is 0.509. The summed E-state index contributed by atoms with van der Waals surface area (Å²) in [4.78, 5) is 16.6.